The molecule has 3 aliphatic heterocycles. The van der Waals surface area contributed by atoms with Gasteiger partial charge in [0.2, 0.25) is 5.91 Å². The zero-order valence-corrected chi connectivity index (χ0v) is 22.5. The van der Waals surface area contributed by atoms with E-state index in [0.29, 0.717) is 45.1 Å². The second kappa shape index (κ2) is 10.0. The Morgan fingerprint density at radius 1 is 1.20 bits per heavy atom. The fourth-order valence-electron chi connectivity index (χ4n) is 6.62. The standard InChI is InChI=1S/C28H25Cl2FN4O4.CH4/c1-12-8-16(19(32)10-15(12)26(36)39-2)22-11-21-25(35(22)38)23(14-4-3-5-18(30)24(14)31)28(34-21)17-7-6-13(29)9-20(17)33-27(28)37;/h3-10,21-23,25,34,38H,11,32H2,1-2H3,(H,33,37);1H4/t21-,22?,23-,25+,28+;/m0./s1. The minimum absolute atomic E-state index is 0. The Morgan fingerprint density at radius 2 is 1.95 bits per heavy atom. The number of methoxy groups -OCH3 is 1. The van der Waals surface area contributed by atoms with Crippen LogP contribution in [-0.4, -0.2) is 41.3 Å². The Bertz CT molecular complexity index is 1550. The van der Waals surface area contributed by atoms with Crippen LogP contribution in [0, 0.1) is 12.7 Å². The van der Waals surface area contributed by atoms with E-state index in [1.165, 1.54) is 19.2 Å². The zero-order chi connectivity index (χ0) is 27.8. The molecule has 3 heterocycles. The third-order valence-corrected chi connectivity index (χ3v) is 8.79. The van der Waals surface area contributed by atoms with E-state index >= 15 is 4.39 Å². The molecule has 0 saturated carbocycles. The summed E-state index contributed by atoms with van der Waals surface area (Å²) in [5, 5.41) is 19.6. The molecule has 1 amide bonds. The molecule has 210 valence electrons. The first-order valence-corrected chi connectivity index (χ1v) is 13.1. The van der Waals surface area contributed by atoms with Crippen LogP contribution >= 0.6 is 23.2 Å². The monoisotopic (exact) mass is 586 g/mol. The lowest BCUT2D eigenvalue weighted by molar-refractivity contribution is -0.143. The number of aryl methyl sites for hydroxylation is 1. The van der Waals surface area contributed by atoms with E-state index in [0.717, 1.165) is 5.06 Å². The smallest absolute Gasteiger partial charge is 0.338 e. The van der Waals surface area contributed by atoms with Gasteiger partial charge in [0.1, 0.15) is 11.4 Å². The summed E-state index contributed by atoms with van der Waals surface area (Å²) in [5.74, 6) is -2.41. The van der Waals surface area contributed by atoms with Crippen molar-refractivity contribution in [2.75, 3.05) is 18.2 Å². The number of nitrogens with one attached hydrogen (secondary N) is 2. The number of anilines is 2. The van der Waals surface area contributed by atoms with Gasteiger partial charge in [-0.05, 0) is 54.3 Å². The van der Waals surface area contributed by atoms with Gasteiger partial charge >= 0.3 is 5.97 Å². The van der Waals surface area contributed by atoms with Crippen LogP contribution in [0.3, 0.4) is 0 Å². The Labute approximate surface area is 241 Å². The quantitative estimate of drug-likeness (QED) is 0.235. The van der Waals surface area contributed by atoms with Gasteiger partial charge in [0.25, 0.3) is 0 Å². The third-order valence-electron chi connectivity index (χ3n) is 8.26. The summed E-state index contributed by atoms with van der Waals surface area (Å²) in [6.07, 6.45) is 0.360. The number of esters is 1. The van der Waals surface area contributed by atoms with Crippen LogP contribution in [0.2, 0.25) is 10.0 Å². The number of halogens is 3. The lowest BCUT2D eigenvalue weighted by Gasteiger charge is -2.36. The molecule has 0 radical (unpaired) electrons. The summed E-state index contributed by atoms with van der Waals surface area (Å²) in [6.45, 7) is 1.76. The molecule has 0 bridgehead atoms. The van der Waals surface area contributed by atoms with E-state index in [-0.39, 0.29) is 23.9 Å². The molecule has 5 N–H and O–H groups in total. The molecule has 1 unspecified atom stereocenters. The molecule has 40 heavy (non-hydrogen) atoms. The number of hydrogen-bond acceptors (Lipinski definition) is 7. The van der Waals surface area contributed by atoms with Crippen molar-refractivity contribution in [1.82, 2.24) is 10.4 Å². The van der Waals surface area contributed by atoms with E-state index in [9.17, 15) is 14.8 Å². The van der Waals surface area contributed by atoms with Crippen molar-refractivity contribution >= 4 is 46.5 Å². The molecule has 6 rings (SSSR count). The summed E-state index contributed by atoms with van der Waals surface area (Å²) in [4.78, 5) is 25.9. The molecular weight excluding hydrogens is 558 g/mol. The Kier molecular flexibility index (Phi) is 7.09. The molecule has 0 aromatic heterocycles. The minimum atomic E-state index is -1.39. The maximum absolute atomic E-state index is 15.7. The van der Waals surface area contributed by atoms with Crippen LogP contribution in [-0.2, 0) is 15.1 Å². The SMILES string of the molecule is C.COC(=O)c1cc(N)c(C2C[C@@H]3N[C@@]4(C(=O)Nc5cc(Cl)ccc54)[C@@H](c4cccc(Cl)c4F)[C@@H]3N2O)cc1C. The lowest BCUT2D eigenvalue weighted by atomic mass is 9.74. The van der Waals surface area contributed by atoms with Crippen molar-refractivity contribution in [2.24, 2.45) is 0 Å². The number of hydroxylamine groups is 2. The zero-order valence-electron chi connectivity index (χ0n) is 21.0. The highest BCUT2D eigenvalue weighted by atomic mass is 35.5. The first kappa shape index (κ1) is 28.3. The second-order valence-electron chi connectivity index (χ2n) is 10.2. The number of hydrogen-bond donors (Lipinski definition) is 4. The number of carbonyl (C=O) groups is 2. The van der Waals surface area contributed by atoms with Gasteiger partial charge in [-0.25, -0.2) is 9.18 Å². The molecule has 11 heteroatoms. The van der Waals surface area contributed by atoms with Crippen molar-refractivity contribution in [3.63, 3.8) is 0 Å². The summed E-state index contributed by atoms with van der Waals surface area (Å²) >= 11 is 12.4. The van der Waals surface area contributed by atoms with E-state index in [1.54, 1.807) is 43.3 Å². The second-order valence-corrected chi connectivity index (χ2v) is 11.1. The summed E-state index contributed by atoms with van der Waals surface area (Å²) in [7, 11) is 1.29. The molecule has 2 fully saturated rings. The van der Waals surface area contributed by atoms with Gasteiger partial charge in [-0.15, -0.1) is 0 Å². The predicted octanol–water partition coefficient (Wildman–Crippen LogP) is 5.55. The van der Waals surface area contributed by atoms with Crippen LogP contribution in [0.15, 0.2) is 48.5 Å². The number of rotatable bonds is 3. The average molecular weight is 587 g/mol. The van der Waals surface area contributed by atoms with Gasteiger partial charge in [-0.2, -0.15) is 5.06 Å². The summed E-state index contributed by atoms with van der Waals surface area (Å²) < 4.78 is 20.5. The van der Waals surface area contributed by atoms with Crippen LogP contribution in [0.4, 0.5) is 15.8 Å². The van der Waals surface area contributed by atoms with Crippen molar-refractivity contribution in [1.29, 1.82) is 0 Å². The average Bonchev–Trinajstić information content (AvgIpc) is 3.49. The van der Waals surface area contributed by atoms with Crippen LogP contribution in [0.25, 0.3) is 0 Å². The molecule has 1 spiro atoms. The van der Waals surface area contributed by atoms with Crippen molar-refractivity contribution in [3.8, 4) is 0 Å². The Morgan fingerprint density at radius 3 is 2.67 bits per heavy atom. The van der Waals surface area contributed by atoms with Crippen molar-refractivity contribution in [3.05, 3.63) is 92.2 Å². The number of nitrogens with zero attached hydrogens (tertiary/aromatic N) is 1. The normalized spacial score (nSPS) is 26.8. The molecule has 5 atom stereocenters. The highest BCUT2D eigenvalue weighted by Crippen LogP contribution is 2.58. The number of nitrogens with two attached hydrogens (primary N) is 1. The number of carbonyl (C=O) groups excluding carboxylic acids is 2. The summed E-state index contributed by atoms with van der Waals surface area (Å²) in [5.41, 5.74) is 8.19. The maximum atomic E-state index is 15.7. The fourth-order valence-corrected chi connectivity index (χ4v) is 6.97. The van der Waals surface area contributed by atoms with E-state index < -0.39 is 41.4 Å². The first-order valence-electron chi connectivity index (χ1n) is 12.4. The number of nitrogen functional groups attached to an aromatic ring is 1. The molecule has 3 aliphatic rings. The van der Waals surface area contributed by atoms with Gasteiger partial charge in [0.15, 0.2) is 0 Å². The largest absolute Gasteiger partial charge is 0.465 e. The predicted molar refractivity (Wildman–Crippen MR) is 151 cm³/mol. The van der Waals surface area contributed by atoms with Gasteiger partial charge < -0.3 is 21.0 Å². The topological polar surface area (TPSA) is 117 Å². The van der Waals surface area contributed by atoms with E-state index in [4.69, 9.17) is 33.7 Å². The Hall–Kier alpha value is -3.21. The third kappa shape index (κ3) is 3.91. The summed E-state index contributed by atoms with van der Waals surface area (Å²) in [6, 6.07) is 11.3. The van der Waals surface area contributed by atoms with Gasteiger partial charge in [-0.3, -0.25) is 10.1 Å². The highest BCUT2D eigenvalue weighted by Gasteiger charge is 2.66. The van der Waals surface area contributed by atoms with Crippen molar-refractivity contribution < 1.29 is 23.9 Å². The number of benzene rings is 3. The first-order chi connectivity index (χ1) is 18.6. The van der Waals surface area contributed by atoms with Crippen LogP contribution in [0.1, 0.15) is 58.4 Å². The molecule has 0 aliphatic carbocycles. The van der Waals surface area contributed by atoms with Crippen LogP contribution < -0.4 is 16.4 Å². The molecule has 3 aromatic rings. The van der Waals surface area contributed by atoms with Crippen molar-refractivity contribution in [2.45, 2.75) is 50.4 Å². The molecule has 2 saturated heterocycles. The van der Waals surface area contributed by atoms with E-state index in [2.05, 4.69) is 10.6 Å². The Balaban J connectivity index is 0.00000323. The lowest BCUT2D eigenvalue weighted by Crippen LogP contribution is -2.50. The van der Waals surface area contributed by atoms with E-state index in [1.807, 2.05) is 0 Å². The van der Waals surface area contributed by atoms with Crippen LogP contribution in [0.5, 0.6) is 0 Å². The fraction of sp³-hybridized carbons (Fsp3) is 0.310. The minimum Gasteiger partial charge on any atom is -0.465 e. The van der Waals surface area contributed by atoms with Gasteiger partial charge in [0, 0.05) is 33.9 Å². The number of ether oxygens (including phenoxy) is 1. The molecular formula is C29H29Cl2FN4O4. The molecule has 8 nitrogen and oxygen atoms in total. The maximum Gasteiger partial charge on any atom is 0.338 e. The molecule has 3 aromatic carbocycles. The van der Waals surface area contributed by atoms with Gasteiger partial charge in [-0.1, -0.05) is 54.9 Å². The highest BCUT2D eigenvalue weighted by molar-refractivity contribution is 6.31. The number of fused-ring (bicyclic) bond motifs is 3. The van der Waals surface area contributed by atoms with Gasteiger partial charge in [0.05, 0.1) is 29.8 Å². The number of amides is 1.